The molecule has 0 aliphatic heterocycles. The van der Waals surface area contributed by atoms with Gasteiger partial charge in [0.25, 0.3) is 0 Å². The maximum Gasteiger partial charge on any atom is 0.323 e. The molecule has 2 aromatic carbocycles. The molecule has 0 saturated carbocycles. The minimum Gasteiger partial charge on any atom is -0.188 e. The van der Waals surface area contributed by atoms with Crippen molar-refractivity contribution < 1.29 is 8.78 Å². The number of alkyl halides is 2. The molecule has 0 aliphatic rings. The van der Waals surface area contributed by atoms with Crippen LogP contribution in [0.15, 0.2) is 56.3 Å². The van der Waals surface area contributed by atoms with E-state index in [0.717, 1.165) is 12.5 Å². The average Bonchev–Trinajstić information content (AvgIpc) is 2.36. The molecule has 100 valence electrons. The number of benzene rings is 2. The van der Waals surface area contributed by atoms with Crippen LogP contribution in [0.4, 0.5) is 8.78 Å². The van der Waals surface area contributed by atoms with E-state index in [-0.39, 0.29) is 5.56 Å². The molecule has 0 bridgehead atoms. The molecule has 19 heavy (non-hydrogen) atoms. The summed E-state index contributed by atoms with van der Waals surface area (Å²) in [6.45, 7) is 0. The Kier molecular flexibility index (Phi) is 5.30. The first kappa shape index (κ1) is 15.7. The van der Waals surface area contributed by atoms with Crippen molar-refractivity contribution in [3.8, 4) is 0 Å². The summed E-state index contributed by atoms with van der Waals surface area (Å²) in [5.41, 5.74) is 0.00838. The van der Waals surface area contributed by atoms with Crippen LogP contribution in [0.25, 0.3) is 0 Å². The van der Waals surface area contributed by atoms with Gasteiger partial charge in [0.2, 0.25) is 0 Å². The van der Waals surface area contributed by atoms with Crippen molar-refractivity contribution in [3.05, 3.63) is 60.5 Å². The van der Waals surface area contributed by atoms with Crippen molar-refractivity contribution in [2.45, 2.75) is 10.2 Å². The summed E-state index contributed by atoms with van der Waals surface area (Å²) in [6.07, 6.45) is 0. The van der Waals surface area contributed by atoms with Gasteiger partial charge in [-0.25, -0.2) is 0 Å². The predicted molar refractivity (Wildman–Crippen MR) is 90.8 cm³/mol. The fraction of sp³-hybridized carbons (Fsp3) is 0.0769. The zero-order chi connectivity index (χ0) is 14.0. The second-order valence-electron chi connectivity index (χ2n) is 3.69. The summed E-state index contributed by atoms with van der Waals surface area (Å²) >= 11 is 9.39. The quantitative estimate of drug-likeness (QED) is 0.248. The highest BCUT2D eigenvalue weighted by molar-refractivity contribution is 14.1. The Labute approximate surface area is 144 Å². The van der Waals surface area contributed by atoms with E-state index >= 15 is 0 Å². The van der Waals surface area contributed by atoms with Crippen molar-refractivity contribution in [1.29, 1.82) is 0 Å². The molecule has 0 atom stereocenters. The summed E-state index contributed by atoms with van der Waals surface area (Å²) in [6, 6.07) is 11.3. The van der Waals surface area contributed by atoms with Gasteiger partial charge in [-0.3, -0.25) is 0 Å². The van der Waals surface area contributed by atoms with E-state index in [9.17, 15) is 8.78 Å². The van der Waals surface area contributed by atoms with Crippen molar-refractivity contribution in [1.82, 2.24) is 0 Å². The molecule has 0 aromatic heterocycles. The molecule has 0 unspecified atom stereocenters. The molecule has 2 rings (SSSR count). The number of hydrogen-bond donors (Lipinski definition) is 0. The van der Waals surface area contributed by atoms with Gasteiger partial charge in [-0.1, -0.05) is 30.3 Å². The highest BCUT2D eigenvalue weighted by Crippen LogP contribution is 2.46. The SMILES string of the molecule is FC(F)(Sc1cc(Br)c(Br)c(I)c1)c1ccccc1. The monoisotopic (exact) mass is 518 g/mol. The van der Waals surface area contributed by atoms with Crippen molar-refractivity contribution in [3.63, 3.8) is 0 Å². The molecular weight excluding hydrogens is 513 g/mol. The first-order valence-corrected chi connectivity index (χ1v) is 8.65. The zero-order valence-corrected chi connectivity index (χ0v) is 15.5. The third-order valence-corrected chi connectivity index (χ3v) is 6.88. The zero-order valence-electron chi connectivity index (χ0n) is 9.34. The van der Waals surface area contributed by atoms with Crippen LogP contribution in [0, 0.1) is 3.57 Å². The third-order valence-electron chi connectivity index (χ3n) is 2.31. The van der Waals surface area contributed by atoms with Crippen LogP contribution in [0.1, 0.15) is 5.56 Å². The largest absolute Gasteiger partial charge is 0.323 e. The summed E-state index contributed by atoms with van der Waals surface area (Å²) in [5.74, 6) is 0. The number of thioether (sulfide) groups is 1. The standard InChI is InChI=1S/C13H7Br2F2IS/c14-10-6-9(7-11(18)12(10)15)19-13(16,17)8-4-2-1-3-5-8/h1-7H. The highest BCUT2D eigenvalue weighted by Gasteiger charge is 2.33. The first-order chi connectivity index (χ1) is 8.90. The minimum absolute atomic E-state index is 0.00838. The lowest BCUT2D eigenvalue weighted by atomic mass is 10.2. The molecule has 0 amide bonds. The Balaban J connectivity index is 2.31. The van der Waals surface area contributed by atoms with E-state index in [0.29, 0.717) is 16.7 Å². The van der Waals surface area contributed by atoms with Gasteiger partial charge in [0, 0.05) is 23.0 Å². The molecule has 0 spiro atoms. The molecular formula is C13H7Br2F2IS. The van der Waals surface area contributed by atoms with Gasteiger partial charge in [-0.05, 0) is 78.3 Å². The normalized spacial score (nSPS) is 11.6. The molecule has 0 aliphatic carbocycles. The first-order valence-electron chi connectivity index (χ1n) is 5.17. The van der Waals surface area contributed by atoms with E-state index in [1.165, 1.54) is 12.1 Å². The van der Waals surface area contributed by atoms with Gasteiger partial charge >= 0.3 is 5.25 Å². The number of hydrogen-bond acceptors (Lipinski definition) is 1. The van der Waals surface area contributed by atoms with Gasteiger partial charge in [-0.2, -0.15) is 8.78 Å². The van der Waals surface area contributed by atoms with Crippen LogP contribution in [-0.2, 0) is 5.25 Å². The van der Waals surface area contributed by atoms with E-state index < -0.39 is 5.25 Å². The van der Waals surface area contributed by atoms with Crippen LogP contribution < -0.4 is 0 Å². The van der Waals surface area contributed by atoms with Crippen molar-refractivity contribution >= 4 is 66.2 Å². The van der Waals surface area contributed by atoms with E-state index in [2.05, 4.69) is 54.5 Å². The molecule has 0 N–H and O–H groups in total. The average molecular weight is 520 g/mol. The van der Waals surface area contributed by atoms with Crippen LogP contribution >= 0.6 is 66.2 Å². The van der Waals surface area contributed by atoms with E-state index in [1.807, 2.05) is 0 Å². The highest BCUT2D eigenvalue weighted by atomic mass is 127. The lowest BCUT2D eigenvalue weighted by Crippen LogP contribution is -2.07. The lowest BCUT2D eigenvalue weighted by molar-refractivity contribution is 0.105. The maximum atomic E-state index is 14.1. The summed E-state index contributed by atoms with van der Waals surface area (Å²) < 4.78 is 30.8. The molecule has 6 heteroatoms. The second kappa shape index (κ2) is 6.41. The molecule has 0 saturated heterocycles. The van der Waals surface area contributed by atoms with Crippen LogP contribution in [0.3, 0.4) is 0 Å². The van der Waals surface area contributed by atoms with Gasteiger partial charge in [0.05, 0.1) is 0 Å². The molecule has 0 fully saturated rings. The molecule has 0 radical (unpaired) electrons. The fourth-order valence-corrected chi connectivity index (χ4v) is 4.38. The van der Waals surface area contributed by atoms with Gasteiger partial charge in [0.1, 0.15) is 0 Å². The molecule has 0 heterocycles. The van der Waals surface area contributed by atoms with Crippen molar-refractivity contribution in [2.75, 3.05) is 0 Å². The van der Waals surface area contributed by atoms with E-state index in [1.54, 1.807) is 30.3 Å². The summed E-state index contributed by atoms with van der Waals surface area (Å²) in [4.78, 5) is 0.522. The Morgan fingerprint density at radius 1 is 1.05 bits per heavy atom. The van der Waals surface area contributed by atoms with Crippen LogP contribution in [0.2, 0.25) is 0 Å². The minimum atomic E-state index is -2.95. The van der Waals surface area contributed by atoms with Crippen LogP contribution in [-0.4, -0.2) is 0 Å². The fourth-order valence-electron chi connectivity index (χ4n) is 1.43. The summed E-state index contributed by atoms with van der Waals surface area (Å²) in [7, 11) is 0. The number of halogens is 5. The maximum absolute atomic E-state index is 14.1. The van der Waals surface area contributed by atoms with Gasteiger partial charge in [0.15, 0.2) is 0 Å². The number of rotatable bonds is 3. The Morgan fingerprint density at radius 2 is 1.68 bits per heavy atom. The predicted octanol–water partition coefficient (Wildman–Crippen LogP) is 6.66. The van der Waals surface area contributed by atoms with E-state index in [4.69, 9.17) is 0 Å². The van der Waals surface area contributed by atoms with Gasteiger partial charge < -0.3 is 0 Å². The third kappa shape index (κ3) is 3.92. The van der Waals surface area contributed by atoms with Crippen molar-refractivity contribution in [2.24, 2.45) is 0 Å². The Bertz CT molecular complexity index is 567. The molecule has 0 nitrogen and oxygen atoms in total. The summed E-state index contributed by atoms with van der Waals surface area (Å²) in [5, 5.41) is -2.95. The Morgan fingerprint density at radius 3 is 2.26 bits per heavy atom. The Hall–Kier alpha value is 0.340. The lowest BCUT2D eigenvalue weighted by Gasteiger charge is -2.16. The smallest absolute Gasteiger partial charge is 0.188 e. The second-order valence-corrected chi connectivity index (χ2v) is 7.68. The topological polar surface area (TPSA) is 0 Å². The van der Waals surface area contributed by atoms with Gasteiger partial charge in [-0.15, -0.1) is 0 Å². The van der Waals surface area contributed by atoms with Crippen LogP contribution in [0.5, 0.6) is 0 Å². The molecule has 2 aromatic rings.